The second kappa shape index (κ2) is 12.4. The number of benzene rings is 2. The summed E-state index contributed by atoms with van der Waals surface area (Å²) in [5, 5.41) is 1.08. The van der Waals surface area contributed by atoms with Gasteiger partial charge < -0.3 is 14.4 Å². The summed E-state index contributed by atoms with van der Waals surface area (Å²) in [6.45, 7) is 7.19. The van der Waals surface area contributed by atoms with E-state index in [1.54, 1.807) is 12.1 Å². The Morgan fingerprint density at radius 2 is 1.71 bits per heavy atom. The summed E-state index contributed by atoms with van der Waals surface area (Å²) in [5.74, 6) is 1.32. The summed E-state index contributed by atoms with van der Waals surface area (Å²) in [7, 11) is 1.49. The summed E-state index contributed by atoms with van der Waals surface area (Å²) in [4.78, 5) is 17.5. The van der Waals surface area contributed by atoms with Gasteiger partial charge in [0.15, 0.2) is 0 Å². The van der Waals surface area contributed by atoms with Crippen molar-refractivity contribution < 1.29 is 14.3 Å². The van der Waals surface area contributed by atoms with Crippen LogP contribution in [0.25, 0.3) is 0 Å². The van der Waals surface area contributed by atoms with Gasteiger partial charge in [0.1, 0.15) is 17.9 Å². The van der Waals surface area contributed by atoms with Crippen molar-refractivity contribution >= 4 is 29.2 Å². The summed E-state index contributed by atoms with van der Waals surface area (Å²) in [6, 6.07) is 13.6. The van der Waals surface area contributed by atoms with Gasteiger partial charge in [0, 0.05) is 25.7 Å². The third kappa shape index (κ3) is 7.13. The minimum absolute atomic E-state index is 0.129. The number of hydrogen-bond acceptors (Lipinski definition) is 5. The van der Waals surface area contributed by atoms with Gasteiger partial charge in [0.05, 0.1) is 17.2 Å². The SMILES string of the molecule is COC(=O)C(Cc1ccccc1C)N1CCC(CN2CCC(Oc3ccc(Cl)c(Cl)c3)CC2)CC1. The molecule has 2 aromatic carbocycles. The molecule has 190 valence electrons. The van der Waals surface area contributed by atoms with E-state index in [2.05, 4.69) is 28.9 Å². The first kappa shape index (κ1) is 26.3. The molecule has 35 heavy (non-hydrogen) atoms. The van der Waals surface area contributed by atoms with Crippen molar-refractivity contribution in [1.82, 2.24) is 9.80 Å². The number of nitrogens with zero attached hydrogens (tertiary/aromatic N) is 2. The quantitative estimate of drug-likeness (QED) is 0.423. The van der Waals surface area contributed by atoms with Crippen LogP contribution in [-0.2, 0) is 16.0 Å². The second-order valence-electron chi connectivity index (χ2n) is 9.84. The lowest BCUT2D eigenvalue weighted by molar-refractivity contribution is -0.147. The average Bonchev–Trinajstić information content (AvgIpc) is 2.87. The van der Waals surface area contributed by atoms with E-state index in [0.29, 0.717) is 22.4 Å². The molecular weight excluding hydrogens is 483 g/mol. The van der Waals surface area contributed by atoms with Crippen LogP contribution in [-0.4, -0.2) is 67.7 Å². The van der Waals surface area contributed by atoms with Crippen LogP contribution in [0.5, 0.6) is 5.75 Å². The molecule has 0 amide bonds. The van der Waals surface area contributed by atoms with Gasteiger partial charge in [-0.2, -0.15) is 0 Å². The van der Waals surface area contributed by atoms with Gasteiger partial charge in [0.2, 0.25) is 0 Å². The van der Waals surface area contributed by atoms with Crippen molar-refractivity contribution in [3.8, 4) is 5.75 Å². The number of methoxy groups -OCH3 is 1. The molecule has 1 atom stereocenters. The molecule has 1 unspecified atom stereocenters. The first-order valence-electron chi connectivity index (χ1n) is 12.6. The molecule has 2 heterocycles. The molecule has 7 heteroatoms. The predicted octanol–water partition coefficient (Wildman–Crippen LogP) is 5.64. The molecule has 0 aromatic heterocycles. The molecule has 0 bridgehead atoms. The van der Waals surface area contributed by atoms with Gasteiger partial charge in [-0.1, -0.05) is 47.5 Å². The van der Waals surface area contributed by atoms with Gasteiger partial charge in [-0.15, -0.1) is 0 Å². The first-order valence-corrected chi connectivity index (χ1v) is 13.4. The lowest BCUT2D eigenvalue weighted by Gasteiger charge is -2.39. The van der Waals surface area contributed by atoms with E-state index in [1.165, 1.54) is 18.2 Å². The highest BCUT2D eigenvalue weighted by Gasteiger charge is 2.32. The average molecular weight is 520 g/mol. The van der Waals surface area contributed by atoms with Crippen LogP contribution < -0.4 is 4.74 Å². The summed E-state index contributed by atoms with van der Waals surface area (Å²) in [6.07, 6.45) is 5.17. The Balaban J connectivity index is 1.23. The number of rotatable bonds is 8. The zero-order valence-electron chi connectivity index (χ0n) is 20.7. The maximum Gasteiger partial charge on any atom is 0.323 e. The molecular formula is C28H36Cl2N2O3. The first-order chi connectivity index (χ1) is 16.9. The predicted molar refractivity (Wildman–Crippen MR) is 142 cm³/mol. The summed E-state index contributed by atoms with van der Waals surface area (Å²) in [5.41, 5.74) is 2.44. The Hall–Kier alpha value is -1.79. The highest BCUT2D eigenvalue weighted by atomic mass is 35.5. The van der Waals surface area contributed by atoms with Crippen LogP contribution in [0.15, 0.2) is 42.5 Å². The zero-order chi connectivity index (χ0) is 24.8. The minimum atomic E-state index is -0.212. The van der Waals surface area contributed by atoms with E-state index in [1.807, 2.05) is 18.2 Å². The zero-order valence-corrected chi connectivity index (χ0v) is 22.2. The van der Waals surface area contributed by atoms with Gasteiger partial charge >= 0.3 is 5.97 Å². The Morgan fingerprint density at radius 1 is 1.00 bits per heavy atom. The normalized spacial score (nSPS) is 19.4. The molecule has 2 saturated heterocycles. The smallest absolute Gasteiger partial charge is 0.323 e. The molecule has 0 N–H and O–H groups in total. The number of piperidine rings is 2. The number of aryl methyl sites for hydroxylation is 1. The van der Waals surface area contributed by atoms with E-state index in [9.17, 15) is 4.79 Å². The van der Waals surface area contributed by atoms with E-state index >= 15 is 0 Å². The minimum Gasteiger partial charge on any atom is -0.490 e. The van der Waals surface area contributed by atoms with Crippen molar-refractivity contribution in [2.75, 3.05) is 39.8 Å². The second-order valence-corrected chi connectivity index (χ2v) is 10.7. The van der Waals surface area contributed by atoms with Gasteiger partial charge in [-0.05, 0) is 81.3 Å². The fraction of sp³-hybridized carbons (Fsp3) is 0.536. The standard InChI is InChI=1S/C28H36Cl2N2O3/c1-20-5-3-4-6-22(20)17-27(28(33)34-2)32-15-9-21(10-16-32)19-31-13-11-23(12-14-31)35-24-7-8-25(29)26(30)18-24/h3-8,18,21,23,27H,9-17,19H2,1-2H3. The van der Waals surface area contributed by atoms with Crippen molar-refractivity contribution in [1.29, 1.82) is 0 Å². The molecule has 2 aromatic rings. The number of halogens is 2. The van der Waals surface area contributed by atoms with Gasteiger partial charge in [0.25, 0.3) is 0 Å². The molecule has 2 aliphatic rings. The number of carbonyl (C=O) groups excluding carboxylic acids is 1. The largest absolute Gasteiger partial charge is 0.490 e. The monoisotopic (exact) mass is 518 g/mol. The Bertz CT molecular complexity index is 986. The highest BCUT2D eigenvalue weighted by molar-refractivity contribution is 6.42. The third-order valence-electron chi connectivity index (χ3n) is 7.48. The van der Waals surface area contributed by atoms with Gasteiger partial charge in [-0.25, -0.2) is 0 Å². The lowest BCUT2D eigenvalue weighted by Crippen LogP contribution is -2.49. The van der Waals surface area contributed by atoms with Crippen molar-refractivity contribution in [2.45, 2.75) is 51.2 Å². The Morgan fingerprint density at radius 3 is 2.37 bits per heavy atom. The van der Waals surface area contributed by atoms with Crippen molar-refractivity contribution in [3.63, 3.8) is 0 Å². The third-order valence-corrected chi connectivity index (χ3v) is 8.22. The highest BCUT2D eigenvalue weighted by Crippen LogP contribution is 2.29. The number of ether oxygens (including phenoxy) is 2. The van der Waals surface area contributed by atoms with E-state index < -0.39 is 0 Å². The van der Waals surface area contributed by atoms with Crippen LogP contribution >= 0.6 is 23.2 Å². The fourth-order valence-electron chi connectivity index (χ4n) is 5.31. The van der Waals surface area contributed by atoms with E-state index in [0.717, 1.165) is 64.2 Å². The van der Waals surface area contributed by atoms with E-state index in [-0.39, 0.29) is 18.1 Å². The number of esters is 1. The molecule has 2 fully saturated rings. The molecule has 0 radical (unpaired) electrons. The fourth-order valence-corrected chi connectivity index (χ4v) is 5.60. The van der Waals surface area contributed by atoms with E-state index in [4.69, 9.17) is 32.7 Å². The number of hydrogen-bond donors (Lipinski definition) is 0. The van der Waals surface area contributed by atoms with Crippen LogP contribution in [0.1, 0.15) is 36.8 Å². The van der Waals surface area contributed by atoms with Crippen molar-refractivity contribution in [2.24, 2.45) is 5.92 Å². The lowest BCUT2D eigenvalue weighted by atomic mass is 9.92. The molecule has 0 spiro atoms. The van der Waals surface area contributed by atoms with Crippen LogP contribution in [0.3, 0.4) is 0 Å². The topological polar surface area (TPSA) is 42.0 Å². The maximum absolute atomic E-state index is 12.6. The molecule has 0 saturated carbocycles. The number of likely N-dealkylation sites (tertiary alicyclic amines) is 2. The summed E-state index contributed by atoms with van der Waals surface area (Å²) < 4.78 is 11.3. The Labute approximate surface area is 219 Å². The van der Waals surface area contributed by atoms with Gasteiger partial charge in [-0.3, -0.25) is 9.69 Å². The van der Waals surface area contributed by atoms with Crippen LogP contribution in [0.4, 0.5) is 0 Å². The maximum atomic E-state index is 12.6. The molecule has 5 nitrogen and oxygen atoms in total. The van der Waals surface area contributed by atoms with Crippen molar-refractivity contribution in [3.05, 3.63) is 63.6 Å². The Kier molecular flexibility index (Phi) is 9.34. The molecule has 0 aliphatic carbocycles. The summed E-state index contributed by atoms with van der Waals surface area (Å²) >= 11 is 12.1. The molecule has 4 rings (SSSR count). The molecule has 2 aliphatic heterocycles. The van der Waals surface area contributed by atoms with Crippen LogP contribution in [0.2, 0.25) is 10.0 Å². The van der Waals surface area contributed by atoms with Crippen LogP contribution in [0, 0.1) is 12.8 Å². The number of carbonyl (C=O) groups is 1.